The van der Waals surface area contributed by atoms with Crippen LogP contribution in [0.3, 0.4) is 0 Å². The summed E-state index contributed by atoms with van der Waals surface area (Å²) in [6.07, 6.45) is 3.93. The standard InChI is InChI=1S/C14H15NO5S2/c1-19-14(16)13-12(6-8-21-13)22(17,18)15-10-3-2-4-11-9(10)5-7-20-11/h5-8,10,15H,2-4H2,1H3. The molecule has 8 heteroatoms. The highest BCUT2D eigenvalue weighted by Crippen LogP contribution is 2.32. The van der Waals surface area contributed by atoms with Crippen LogP contribution in [0.15, 0.2) is 33.1 Å². The fourth-order valence-corrected chi connectivity index (χ4v) is 5.19. The number of carbonyl (C=O) groups is 1. The summed E-state index contributed by atoms with van der Waals surface area (Å²) in [5.74, 6) is 0.167. The van der Waals surface area contributed by atoms with Crippen LogP contribution in [0.25, 0.3) is 0 Å². The van der Waals surface area contributed by atoms with Crippen molar-refractivity contribution in [1.82, 2.24) is 4.72 Å². The molecule has 2 aromatic heterocycles. The van der Waals surface area contributed by atoms with E-state index in [4.69, 9.17) is 4.42 Å². The first-order valence-corrected chi connectivity index (χ1v) is 9.13. The lowest BCUT2D eigenvalue weighted by molar-refractivity contribution is 0.0602. The molecule has 3 rings (SSSR count). The van der Waals surface area contributed by atoms with Crippen LogP contribution in [0.2, 0.25) is 0 Å². The summed E-state index contributed by atoms with van der Waals surface area (Å²) in [4.78, 5) is 11.7. The second-order valence-corrected chi connectivity index (χ2v) is 7.57. The minimum atomic E-state index is -3.81. The van der Waals surface area contributed by atoms with E-state index in [0.717, 1.165) is 35.5 Å². The number of ether oxygens (including phenoxy) is 1. The van der Waals surface area contributed by atoms with Gasteiger partial charge in [-0.15, -0.1) is 11.3 Å². The Hall–Kier alpha value is -1.64. The van der Waals surface area contributed by atoms with Crippen molar-refractivity contribution in [3.63, 3.8) is 0 Å². The van der Waals surface area contributed by atoms with Crippen LogP contribution in [0.5, 0.6) is 0 Å². The number of esters is 1. The van der Waals surface area contributed by atoms with Gasteiger partial charge in [0.1, 0.15) is 15.5 Å². The fourth-order valence-electron chi connectivity index (χ4n) is 2.61. The molecule has 0 aliphatic heterocycles. The maximum Gasteiger partial charge on any atom is 0.349 e. The number of methoxy groups -OCH3 is 1. The second kappa shape index (κ2) is 5.86. The zero-order valence-electron chi connectivity index (χ0n) is 11.9. The summed E-state index contributed by atoms with van der Waals surface area (Å²) in [5, 5.41) is 1.56. The number of hydrogen-bond donors (Lipinski definition) is 1. The number of aryl methyl sites for hydroxylation is 1. The Kier molecular flexibility index (Phi) is 4.07. The first-order valence-electron chi connectivity index (χ1n) is 6.77. The van der Waals surface area contributed by atoms with Crippen LogP contribution >= 0.6 is 11.3 Å². The predicted octanol–water partition coefficient (Wildman–Crippen LogP) is 2.48. The van der Waals surface area contributed by atoms with E-state index in [2.05, 4.69) is 9.46 Å². The molecule has 0 amide bonds. The minimum Gasteiger partial charge on any atom is -0.469 e. The zero-order chi connectivity index (χ0) is 15.7. The molecule has 2 heterocycles. The van der Waals surface area contributed by atoms with E-state index in [0.29, 0.717) is 6.42 Å². The molecule has 1 N–H and O–H groups in total. The molecule has 1 atom stereocenters. The van der Waals surface area contributed by atoms with Gasteiger partial charge in [0, 0.05) is 12.0 Å². The van der Waals surface area contributed by atoms with Gasteiger partial charge in [0.15, 0.2) is 0 Å². The van der Waals surface area contributed by atoms with Crippen LogP contribution in [-0.4, -0.2) is 21.5 Å². The van der Waals surface area contributed by atoms with Crippen molar-refractivity contribution in [2.75, 3.05) is 7.11 Å². The Balaban J connectivity index is 1.90. The highest BCUT2D eigenvalue weighted by Gasteiger charge is 2.30. The molecule has 0 spiro atoms. The summed E-state index contributed by atoms with van der Waals surface area (Å²) >= 11 is 1.05. The van der Waals surface area contributed by atoms with Crippen molar-refractivity contribution in [2.24, 2.45) is 0 Å². The van der Waals surface area contributed by atoms with Gasteiger partial charge in [-0.3, -0.25) is 0 Å². The smallest absolute Gasteiger partial charge is 0.349 e. The quantitative estimate of drug-likeness (QED) is 0.864. The second-order valence-electron chi connectivity index (χ2n) is 4.97. The lowest BCUT2D eigenvalue weighted by Gasteiger charge is -2.22. The Morgan fingerprint density at radius 2 is 2.27 bits per heavy atom. The van der Waals surface area contributed by atoms with Crippen molar-refractivity contribution >= 4 is 27.3 Å². The van der Waals surface area contributed by atoms with E-state index in [-0.39, 0.29) is 15.8 Å². The number of rotatable bonds is 4. The van der Waals surface area contributed by atoms with Gasteiger partial charge in [0.25, 0.3) is 0 Å². The van der Waals surface area contributed by atoms with Gasteiger partial charge in [0.05, 0.1) is 19.4 Å². The van der Waals surface area contributed by atoms with Crippen LogP contribution in [0.4, 0.5) is 0 Å². The molecule has 0 aromatic carbocycles. The number of thiophene rings is 1. The minimum absolute atomic E-state index is 0.0417. The lowest BCUT2D eigenvalue weighted by atomic mass is 9.94. The molecule has 0 fully saturated rings. The van der Waals surface area contributed by atoms with Crippen molar-refractivity contribution < 1.29 is 22.4 Å². The Morgan fingerprint density at radius 3 is 3.05 bits per heavy atom. The van der Waals surface area contributed by atoms with Gasteiger partial charge in [-0.25, -0.2) is 17.9 Å². The molecule has 0 saturated heterocycles. The summed E-state index contributed by atoms with van der Waals surface area (Å²) in [6, 6.07) is 2.87. The fraction of sp³-hybridized carbons (Fsp3) is 0.357. The molecule has 0 bridgehead atoms. The molecule has 118 valence electrons. The Labute approximate surface area is 132 Å². The summed E-state index contributed by atoms with van der Waals surface area (Å²) < 4.78 is 37.8. The topological polar surface area (TPSA) is 85.6 Å². The van der Waals surface area contributed by atoms with E-state index < -0.39 is 16.0 Å². The third-order valence-corrected chi connectivity index (χ3v) is 6.18. The highest BCUT2D eigenvalue weighted by atomic mass is 32.2. The van der Waals surface area contributed by atoms with Crippen molar-refractivity contribution in [3.05, 3.63) is 40.0 Å². The van der Waals surface area contributed by atoms with Crippen molar-refractivity contribution in [1.29, 1.82) is 0 Å². The molecule has 1 aliphatic rings. The number of sulfonamides is 1. The van der Waals surface area contributed by atoms with E-state index in [9.17, 15) is 13.2 Å². The molecular weight excluding hydrogens is 326 g/mol. The lowest BCUT2D eigenvalue weighted by Crippen LogP contribution is -2.31. The summed E-state index contributed by atoms with van der Waals surface area (Å²) in [7, 11) is -2.58. The highest BCUT2D eigenvalue weighted by molar-refractivity contribution is 7.89. The zero-order valence-corrected chi connectivity index (χ0v) is 13.5. The normalized spacial score (nSPS) is 18.0. The van der Waals surface area contributed by atoms with Gasteiger partial charge in [-0.05, 0) is 30.4 Å². The Morgan fingerprint density at radius 1 is 1.45 bits per heavy atom. The molecule has 0 radical (unpaired) electrons. The average molecular weight is 341 g/mol. The maximum atomic E-state index is 12.6. The third kappa shape index (κ3) is 2.69. The molecule has 22 heavy (non-hydrogen) atoms. The molecular formula is C14H15NO5S2. The molecule has 6 nitrogen and oxygen atoms in total. The first-order chi connectivity index (χ1) is 10.5. The van der Waals surface area contributed by atoms with Gasteiger partial charge in [-0.2, -0.15) is 0 Å². The largest absolute Gasteiger partial charge is 0.469 e. The molecule has 1 unspecified atom stereocenters. The summed E-state index contributed by atoms with van der Waals surface area (Å²) in [6.45, 7) is 0. The average Bonchev–Trinajstić information content (AvgIpc) is 3.15. The molecule has 2 aromatic rings. The molecule has 0 saturated carbocycles. The van der Waals surface area contributed by atoms with E-state index >= 15 is 0 Å². The molecule has 1 aliphatic carbocycles. The van der Waals surface area contributed by atoms with Crippen LogP contribution in [0, 0.1) is 0 Å². The van der Waals surface area contributed by atoms with Crippen LogP contribution < -0.4 is 4.72 Å². The predicted molar refractivity (Wildman–Crippen MR) is 80.4 cm³/mol. The van der Waals surface area contributed by atoms with Gasteiger partial charge in [0.2, 0.25) is 10.0 Å². The number of fused-ring (bicyclic) bond motifs is 1. The van der Waals surface area contributed by atoms with E-state index in [1.54, 1.807) is 17.7 Å². The Bertz CT molecular complexity index is 790. The van der Waals surface area contributed by atoms with Crippen LogP contribution in [0.1, 0.15) is 39.9 Å². The van der Waals surface area contributed by atoms with Crippen molar-refractivity contribution in [3.8, 4) is 0 Å². The maximum absolute atomic E-state index is 12.6. The van der Waals surface area contributed by atoms with Gasteiger partial charge in [-0.1, -0.05) is 0 Å². The summed E-state index contributed by atoms with van der Waals surface area (Å²) in [5.41, 5.74) is 0.865. The number of nitrogens with one attached hydrogen (secondary N) is 1. The van der Waals surface area contributed by atoms with Crippen molar-refractivity contribution in [2.45, 2.75) is 30.2 Å². The number of carbonyl (C=O) groups excluding carboxylic acids is 1. The first kappa shape index (κ1) is 15.3. The van der Waals surface area contributed by atoms with E-state index in [1.165, 1.54) is 13.2 Å². The third-order valence-electron chi connectivity index (χ3n) is 3.64. The van der Waals surface area contributed by atoms with Crippen LogP contribution in [-0.2, 0) is 21.2 Å². The van der Waals surface area contributed by atoms with Gasteiger partial charge >= 0.3 is 5.97 Å². The number of furan rings is 1. The SMILES string of the molecule is COC(=O)c1sccc1S(=O)(=O)NC1CCCc2occc21. The number of hydrogen-bond acceptors (Lipinski definition) is 6. The van der Waals surface area contributed by atoms with Gasteiger partial charge < -0.3 is 9.15 Å². The van der Waals surface area contributed by atoms with E-state index in [1.807, 2.05) is 0 Å². The monoisotopic (exact) mass is 341 g/mol.